The quantitative estimate of drug-likeness (QED) is 0.724. The molecule has 4 nitrogen and oxygen atoms in total. The van der Waals surface area contributed by atoms with E-state index in [0.29, 0.717) is 6.04 Å². The van der Waals surface area contributed by atoms with Crippen LogP contribution >= 0.6 is 0 Å². The molecule has 1 unspecified atom stereocenters. The van der Waals surface area contributed by atoms with E-state index in [-0.39, 0.29) is 0 Å². The Morgan fingerprint density at radius 2 is 2.27 bits per heavy atom. The van der Waals surface area contributed by atoms with Gasteiger partial charge in [-0.3, -0.25) is 0 Å². The summed E-state index contributed by atoms with van der Waals surface area (Å²) in [4.78, 5) is 11.1. The highest BCUT2D eigenvalue weighted by Crippen LogP contribution is 2.29. The molecule has 0 amide bonds. The minimum Gasteiger partial charge on any atom is -0.355 e. The van der Waals surface area contributed by atoms with Gasteiger partial charge in [0.25, 0.3) is 0 Å². The maximum absolute atomic E-state index is 5.92. The van der Waals surface area contributed by atoms with Crippen molar-refractivity contribution >= 4 is 5.82 Å². The smallest absolute Gasteiger partial charge is 0.135 e. The highest BCUT2D eigenvalue weighted by atomic mass is 15.2. The summed E-state index contributed by atoms with van der Waals surface area (Å²) in [5.41, 5.74) is 8.54. The minimum absolute atomic E-state index is 0.317. The lowest BCUT2D eigenvalue weighted by atomic mass is 10.2. The first kappa shape index (κ1) is 9.09. The van der Waals surface area contributed by atoms with E-state index in [9.17, 15) is 0 Å². The van der Waals surface area contributed by atoms with Crippen molar-refractivity contribution in [3.8, 4) is 0 Å². The van der Waals surface area contributed by atoms with Crippen molar-refractivity contribution in [1.29, 1.82) is 0 Å². The summed E-state index contributed by atoms with van der Waals surface area (Å²) in [5, 5.41) is 0. The predicted molar refractivity (Wildman–Crippen MR) is 58.9 cm³/mol. The molecular weight excluding hydrogens is 188 g/mol. The van der Waals surface area contributed by atoms with Gasteiger partial charge in [-0.05, 0) is 25.7 Å². The Hall–Kier alpha value is -1.16. The van der Waals surface area contributed by atoms with Crippen LogP contribution in [0.15, 0.2) is 6.33 Å². The van der Waals surface area contributed by atoms with Gasteiger partial charge in [-0.25, -0.2) is 9.97 Å². The third kappa shape index (κ3) is 1.49. The van der Waals surface area contributed by atoms with E-state index in [1.165, 1.54) is 17.7 Å². The zero-order chi connectivity index (χ0) is 10.3. The lowest BCUT2D eigenvalue weighted by Crippen LogP contribution is -2.27. The molecule has 0 saturated carbocycles. The molecule has 1 aromatic heterocycles. The van der Waals surface area contributed by atoms with Crippen LogP contribution in [0.4, 0.5) is 5.82 Å². The van der Waals surface area contributed by atoms with E-state index in [4.69, 9.17) is 5.73 Å². The van der Waals surface area contributed by atoms with Crippen molar-refractivity contribution in [2.45, 2.75) is 31.7 Å². The van der Waals surface area contributed by atoms with Gasteiger partial charge in [0.1, 0.15) is 12.1 Å². The monoisotopic (exact) mass is 204 g/mol. The highest BCUT2D eigenvalue weighted by Gasteiger charge is 2.25. The van der Waals surface area contributed by atoms with Gasteiger partial charge in [0.05, 0.1) is 0 Å². The molecule has 4 heteroatoms. The van der Waals surface area contributed by atoms with Crippen LogP contribution in [0.5, 0.6) is 0 Å². The zero-order valence-electron chi connectivity index (χ0n) is 8.82. The van der Waals surface area contributed by atoms with Gasteiger partial charge in [-0.1, -0.05) is 0 Å². The summed E-state index contributed by atoms with van der Waals surface area (Å²) < 4.78 is 0. The van der Waals surface area contributed by atoms with Crippen LogP contribution in [-0.4, -0.2) is 29.1 Å². The Morgan fingerprint density at radius 3 is 3.07 bits per heavy atom. The van der Waals surface area contributed by atoms with E-state index in [1.54, 1.807) is 6.33 Å². The van der Waals surface area contributed by atoms with Crippen molar-refractivity contribution in [3.05, 3.63) is 17.6 Å². The number of rotatable bonds is 1. The topological polar surface area (TPSA) is 55.0 Å². The Bertz CT molecular complexity index is 377. The lowest BCUT2D eigenvalue weighted by molar-refractivity contribution is 0.751. The number of nitrogens with zero attached hydrogens (tertiary/aromatic N) is 3. The molecule has 1 fully saturated rings. The molecule has 0 bridgehead atoms. The molecule has 0 aromatic carbocycles. The van der Waals surface area contributed by atoms with Crippen LogP contribution < -0.4 is 10.6 Å². The number of aryl methyl sites for hydroxylation is 1. The van der Waals surface area contributed by atoms with Gasteiger partial charge in [-0.2, -0.15) is 0 Å². The van der Waals surface area contributed by atoms with Gasteiger partial charge < -0.3 is 10.6 Å². The number of aromatic nitrogens is 2. The van der Waals surface area contributed by atoms with Gasteiger partial charge in [-0.15, -0.1) is 0 Å². The van der Waals surface area contributed by atoms with E-state index in [2.05, 4.69) is 14.9 Å². The molecule has 1 aromatic rings. The third-order valence-corrected chi connectivity index (χ3v) is 3.38. The molecule has 1 aliphatic carbocycles. The summed E-state index contributed by atoms with van der Waals surface area (Å²) in [6.07, 6.45) is 6.25. The number of hydrogen-bond acceptors (Lipinski definition) is 4. The maximum atomic E-state index is 5.92. The Morgan fingerprint density at radius 1 is 1.33 bits per heavy atom. The molecule has 1 saturated heterocycles. The second kappa shape index (κ2) is 3.45. The molecule has 2 N–H and O–H groups in total. The van der Waals surface area contributed by atoms with Gasteiger partial charge in [0.15, 0.2) is 0 Å². The first-order valence-corrected chi connectivity index (χ1v) is 5.68. The number of anilines is 1. The summed E-state index contributed by atoms with van der Waals surface area (Å²) in [7, 11) is 0. The average molecular weight is 204 g/mol. The third-order valence-electron chi connectivity index (χ3n) is 3.38. The van der Waals surface area contributed by atoms with Crippen LogP contribution in [-0.2, 0) is 12.8 Å². The van der Waals surface area contributed by atoms with Crippen molar-refractivity contribution < 1.29 is 0 Å². The standard InChI is InChI=1S/C11H16N4/c12-8-4-5-15(6-8)11-9-2-1-3-10(9)13-7-14-11/h7-8H,1-6,12H2. The fourth-order valence-corrected chi connectivity index (χ4v) is 2.59. The highest BCUT2D eigenvalue weighted by molar-refractivity contribution is 5.51. The predicted octanol–water partition coefficient (Wildman–Crippen LogP) is 0.503. The summed E-state index contributed by atoms with van der Waals surface area (Å²) in [5.74, 6) is 1.14. The molecule has 0 spiro atoms. The molecular formula is C11H16N4. The molecule has 1 atom stereocenters. The molecule has 3 rings (SSSR count). The molecule has 15 heavy (non-hydrogen) atoms. The first-order chi connectivity index (χ1) is 7.34. The normalized spacial score (nSPS) is 24.6. The Labute approximate surface area is 89.5 Å². The Balaban J connectivity index is 1.95. The SMILES string of the molecule is NC1CCN(c2ncnc3c2CCC3)C1. The summed E-state index contributed by atoms with van der Waals surface area (Å²) in [6.45, 7) is 1.99. The fraction of sp³-hybridized carbons (Fsp3) is 0.636. The van der Waals surface area contributed by atoms with Crippen LogP contribution in [0.2, 0.25) is 0 Å². The van der Waals surface area contributed by atoms with Gasteiger partial charge in [0.2, 0.25) is 0 Å². The first-order valence-electron chi connectivity index (χ1n) is 5.68. The minimum atomic E-state index is 0.317. The largest absolute Gasteiger partial charge is 0.355 e. The Kier molecular flexibility index (Phi) is 2.09. The van der Waals surface area contributed by atoms with Crippen LogP contribution in [0.25, 0.3) is 0 Å². The van der Waals surface area contributed by atoms with E-state index in [1.807, 2.05) is 0 Å². The average Bonchev–Trinajstić information content (AvgIpc) is 2.84. The number of fused-ring (bicyclic) bond motifs is 1. The van der Waals surface area contributed by atoms with E-state index < -0.39 is 0 Å². The van der Waals surface area contributed by atoms with Crippen molar-refractivity contribution in [3.63, 3.8) is 0 Å². The van der Waals surface area contributed by atoms with Gasteiger partial charge >= 0.3 is 0 Å². The van der Waals surface area contributed by atoms with E-state index in [0.717, 1.165) is 38.2 Å². The van der Waals surface area contributed by atoms with Gasteiger partial charge in [0, 0.05) is 30.4 Å². The lowest BCUT2D eigenvalue weighted by Gasteiger charge is -2.19. The molecule has 2 aliphatic rings. The maximum Gasteiger partial charge on any atom is 0.135 e. The van der Waals surface area contributed by atoms with Crippen molar-refractivity contribution in [2.24, 2.45) is 5.73 Å². The second-order valence-electron chi connectivity index (χ2n) is 4.47. The summed E-state index contributed by atoms with van der Waals surface area (Å²) in [6, 6.07) is 0.317. The van der Waals surface area contributed by atoms with Crippen molar-refractivity contribution in [2.75, 3.05) is 18.0 Å². The zero-order valence-corrected chi connectivity index (χ0v) is 8.82. The number of hydrogen-bond donors (Lipinski definition) is 1. The van der Waals surface area contributed by atoms with Crippen LogP contribution in [0, 0.1) is 0 Å². The van der Waals surface area contributed by atoms with Crippen molar-refractivity contribution in [1.82, 2.24) is 9.97 Å². The second-order valence-corrected chi connectivity index (χ2v) is 4.47. The molecule has 1 aliphatic heterocycles. The fourth-order valence-electron chi connectivity index (χ4n) is 2.59. The van der Waals surface area contributed by atoms with Crippen LogP contribution in [0.3, 0.4) is 0 Å². The van der Waals surface area contributed by atoms with E-state index >= 15 is 0 Å². The number of nitrogens with two attached hydrogens (primary N) is 1. The van der Waals surface area contributed by atoms with Crippen LogP contribution in [0.1, 0.15) is 24.1 Å². The molecule has 2 heterocycles. The molecule has 0 radical (unpaired) electrons. The molecule has 80 valence electrons. The summed E-state index contributed by atoms with van der Waals surface area (Å²) >= 11 is 0.